The predicted molar refractivity (Wildman–Crippen MR) is 228 cm³/mol. The number of hydrogen-bond acceptors (Lipinski definition) is 6. The van der Waals surface area contributed by atoms with E-state index in [1.54, 1.807) is 0 Å². The van der Waals surface area contributed by atoms with Crippen molar-refractivity contribution in [2.45, 2.75) is 265 Å². The molecule has 316 valence electrons. The molecule has 0 saturated carbocycles. The maximum absolute atomic E-state index is 12.8. The molecule has 0 aromatic heterocycles. The number of hydrogen-bond donors (Lipinski definition) is 1. The summed E-state index contributed by atoms with van der Waals surface area (Å²) in [7, 11) is 0. The van der Waals surface area contributed by atoms with Crippen LogP contribution in [0.3, 0.4) is 0 Å². The molecule has 6 heteroatoms. The highest BCUT2D eigenvalue weighted by Gasteiger charge is 2.15. The molecule has 1 unspecified atom stereocenters. The molecule has 0 saturated heterocycles. The normalized spacial score (nSPS) is 12.1. The molecule has 6 nitrogen and oxygen atoms in total. The third-order valence-electron chi connectivity index (χ3n) is 11.1. The minimum atomic E-state index is -0.498. The van der Waals surface area contributed by atoms with Crippen LogP contribution in [0.15, 0.2) is 0 Å². The maximum Gasteiger partial charge on any atom is 0.508 e. The average molecular weight is 752 g/mol. The van der Waals surface area contributed by atoms with Gasteiger partial charge in [-0.2, -0.15) is 0 Å². The van der Waals surface area contributed by atoms with Crippen molar-refractivity contribution in [1.82, 2.24) is 5.32 Å². The van der Waals surface area contributed by atoms with E-state index >= 15 is 0 Å². The molecule has 53 heavy (non-hydrogen) atoms. The number of rotatable bonds is 42. The predicted octanol–water partition coefficient (Wildman–Crippen LogP) is 15.0. The van der Waals surface area contributed by atoms with E-state index in [0.29, 0.717) is 31.6 Å². The minimum absolute atomic E-state index is 0.0141. The fraction of sp³-hybridized carbons (Fsp3) is 0.957. The molecule has 0 aromatic carbocycles. The number of esters is 1. The lowest BCUT2D eigenvalue weighted by Gasteiger charge is -2.19. The Morgan fingerprint density at radius 2 is 0.906 bits per heavy atom. The monoisotopic (exact) mass is 752 g/mol. The van der Waals surface area contributed by atoms with E-state index in [1.807, 2.05) is 0 Å². The van der Waals surface area contributed by atoms with Gasteiger partial charge < -0.3 is 19.5 Å². The first-order chi connectivity index (χ1) is 26.0. The molecule has 0 bridgehead atoms. The summed E-state index contributed by atoms with van der Waals surface area (Å²) in [6, 6.07) is 0.504. The van der Waals surface area contributed by atoms with Crippen molar-refractivity contribution in [2.24, 2.45) is 5.92 Å². The van der Waals surface area contributed by atoms with Crippen molar-refractivity contribution in [3.8, 4) is 0 Å². The number of carbonyl (C=O) groups excluding carboxylic acids is 2. The number of nitrogens with one attached hydrogen (secondary N) is 1. The Morgan fingerprint density at radius 1 is 0.453 bits per heavy atom. The van der Waals surface area contributed by atoms with Crippen LogP contribution in [0.25, 0.3) is 0 Å². The van der Waals surface area contributed by atoms with E-state index in [9.17, 15) is 9.59 Å². The second kappa shape index (κ2) is 41.9. The van der Waals surface area contributed by atoms with Crippen LogP contribution in [-0.4, -0.2) is 44.0 Å². The van der Waals surface area contributed by atoms with E-state index in [4.69, 9.17) is 14.2 Å². The van der Waals surface area contributed by atoms with Crippen molar-refractivity contribution in [1.29, 1.82) is 0 Å². The Balaban J connectivity index is 4.07. The lowest BCUT2D eigenvalue weighted by atomic mass is 9.92. The number of carbonyl (C=O) groups is 2. The van der Waals surface area contributed by atoms with Crippen LogP contribution in [0.1, 0.15) is 253 Å². The van der Waals surface area contributed by atoms with Crippen molar-refractivity contribution in [3.63, 3.8) is 0 Å². The van der Waals surface area contributed by atoms with Gasteiger partial charge in [-0.3, -0.25) is 4.79 Å². The molecular weight excluding hydrogens is 659 g/mol. The molecule has 0 aliphatic carbocycles. The molecule has 0 aliphatic heterocycles. The first-order valence-corrected chi connectivity index (χ1v) is 23.7. The van der Waals surface area contributed by atoms with Gasteiger partial charge in [0.1, 0.15) is 6.10 Å². The van der Waals surface area contributed by atoms with Gasteiger partial charge in [0.25, 0.3) is 0 Å². The van der Waals surface area contributed by atoms with Gasteiger partial charge >= 0.3 is 12.1 Å². The zero-order valence-corrected chi connectivity index (χ0v) is 36.4. The Labute approximate surface area is 331 Å². The molecule has 0 amide bonds. The van der Waals surface area contributed by atoms with E-state index in [0.717, 1.165) is 77.2 Å². The van der Waals surface area contributed by atoms with Crippen LogP contribution in [0, 0.1) is 5.92 Å². The summed E-state index contributed by atoms with van der Waals surface area (Å²) < 4.78 is 16.8. The fourth-order valence-corrected chi connectivity index (χ4v) is 7.47. The molecule has 0 aliphatic rings. The summed E-state index contributed by atoms with van der Waals surface area (Å²) in [5.74, 6) is 0.679. The molecule has 0 fully saturated rings. The van der Waals surface area contributed by atoms with Gasteiger partial charge in [0, 0.05) is 12.5 Å². The zero-order valence-electron chi connectivity index (χ0n) is 36.4. The molecule has 0 rings (SSSR count). The number of unbranched alkanes of at least 4 members (excludes halogenated alkanes) is 20. The Hall–Kier alpha value is -1.30. The van der Waals surface area contributed by atoms with E-state index in [1.165, 1.54) is 141 Å². The summed E-state index contributed by atoms with van der Waals surface area (Å²) in [6.45, 7) is 13.2. The van der Waals surface area contributed by atoms with Gasteiger partial charge in [0.2, 0.25) is 0 Å². The Kier molecular flexibility index (Phi) is 40.8. The zero-order chi connectivity index (χ0) is 38.9. The summed E-state index contributed by atoms with van der Waals surface area (Å²) in [5.41, 5.74) is 0. The molecule has 0 spiro atoms. The summed E-state index contributed by atoms with van der Waals surface area (Å²) in [4.78, 5) is 24.9. The van der Waals surface area contributed by atoms with Crippen LogP contribution in [-0.2, 0) is 19.0 Å². The SMILES string of the molecule is CCCCCCCCC(CCCCCCCC)OC(=O)CCCCC(CC)NCCCCCCOC(=O)OCCC(CCCCCC)CCCCCC. The Bertz CT molecular complexity index is 733. The highest BCUT2D eigenvalue weighted by Crippen LogP contribution is 2.22. The van der Waals surface area contributed by atoms with E-state index < -0.39 is 6.16 Å². The second-order valence-corrected chi connectivity index (χ2v) is 16.2. The van der Waals surface area contributed by atoms with E-state index in [2.05, 4.69) is 39.9 Å². The molecular formula is C47H93NO5. The minimum Gasteiger partial charge on any atom is -0.462 e. The van der Waals surface area contributed by atoms with E-state index in [-0.39, 0.29) is 12.1 Å². The van der Waals surface area contributed by atoms with Gasteiger partial charge in [-0.05, 0) is 76.7 Å². The van der Waals surface area contributed by atoms with Crippen LogP contribution in [0.5, 0.6) is 0 Å². The average Bonchev–Trinajstić information content (AvgIpc) is 3.16. The first kappa shape index (κ1) is 51.7. The third-order valence-corrected chi connectivity index (χ3v) is 11.1. The Morgan fingerprint density at radius 3 is 1.47 bits per heavy atom. The maximum atomic E-state index is 12.8. The van der Waals surface area contributed by atoms with Crippen molar-refractivity contribution < 1.29 is 23.8 Å². The number of ether oxygens (including phenoxy) is 3. The van der Waals surface area contributed by atoms with Crippen LogP contribution in [0.4, 0.5) is 4.79 Å². The van der Waals surface area contributed by atoms with Crippen molar-refractivity contribution in [3.05, 3.63) is 0 Å². The van der Waals surface area contributed by atoms with Gasteiger partial charge in [-0.25, -0.2) is 4.79 Å². The molecule has 0 aromatic rings. The first-order valence-electron chi connectivity index (χ1n) is 23.7. The quantitative estimate of drug-likeness (QED) is 0.0494. The van der Waals surface area contributed by atoms with Gasteiger partial charge in [0.15, 0.2) is 0 Å². The second-order valence-electron chi connectivity index (χ2n) is 16.2. The lowest BCUT2D eigenvalue weighted by molar-refractivity contribution is -0.150. The van der Waals surface area contributed by atoms with Gasteiger partial charge in [-0.1, -0.05) is 182 Å². The fourth-order valence-electron chi connectivity index (χ4n) is 7.47. The highest BCUT2D eigenvalue weighted by atomic mass is 16.7. The largest absolute Gasteiger partial charge is 0.508 e. The van der Waals surface area contributed by atoms with Gasteiger partial charge in [-0.15, -0.1) is 0 Å². The molecule has 1 atom stereocenters. The van der Waals surface area contributed by atoms with Crippen molar-refractivity contribution >= 4 is 12.1 Å². The van der Waals surface area contributed by atoms with Crippen LogP contribution < -0.4 is 5.32 Å². The summed E-state index contributed by atoms with van der Waals surface area (Å²) >= 11 is 0. The standard InChI is InChI=1S/C47H93NO5/c1-6-11-15-19-21-27-36-45(37-28-22-20-16-12-7-2)53-46(49)38-30-29-35-44(10-5)48-40-31-23-24-32-41-51-47(50)52-42-39-43(33-25-17-13-8-3)34-26-18-14-9-4/h43-45,48H,6-42H2,1-5H3. The van der Waals surface area contributed by atoms with Crippen LogP contribution in [0.2, 0.25) is 0 Å². The third kappa shape index (κ3) is 37.4. The molecule has 0 radical (unpaired) electrons. The lowest BCUT2D eigenvalue weighted by Crippen LogP contribution is -2.29. The van der Waals surface area contributed by atoms with Crippen LogP contribution >= 0.6 is 0 Å². The smallest absolute Gasteiger partial charge is 0.462 e. The summed E-state index contributed by atoms with van der Waals surface area (Å²) in [5, 5.41) is 3.73. The summed E-state index contributed by atoms with van der Waals surface area (Å²) in [6.07, 6.45) is 39.9. The van der Waals surface area contributed by atoms with Gasteiger partial charge in [0.05, 0.1) is 13.2 Å². The highest BCUT2D eigenvalue weighted by molar-refractivity contribution is 5.69. The molecule has 1 N–H and O–H groups in total. The topological polar surface area (TPSA) is 73.9 Å². The van der Waals surface area contributed by atoms with Crippen molar-refractivity contribution in [2.75, 3.05) is 19.8 Å². The molecule has 0 heterocycles.